The number of rotatable bonds is 6. The van der Waals surface area contributed by atoms with Crippen LogP contribution >= 0.6 is 11.8 Å². The number of fused-ring (bicyclic) bond motifs is 1. The molecule has 0 radical (unpaired) electrons. The molecule has 20 heavy (non-hydrogen) atoms. The molecule has 0 spiro atoms. The zero-order valence-electron chi connectivity index (χ0n) is 10.3. The Morgan fingerprint density at radius 2 is 2.35 bits per heavy atom. The Morgan fingerprint density at radius 3 is 3.00 bits per heavy atom. The maximum absolute atomic E-state index is 11.1. The van der Waals surface area contributed by atoms with E-state index in [-0.39, 0.29) is 17.3 Å². The second-order valence-electron chi connectivity index (χ2n) is 4.03. The van der Waals surface area contributed by atoms with Gasteiger partial charge in [-0.1, -0.05) is 6.07 Å². The summed E-state index contributed by atoms with van der Waals surface area (Å²) in [5, 5.41) is 19.8. The third-order valence-corrected chi connectivity index (χ3v) is 3.67. The molecule has 0 aromatic carbocycles. The van der Waals surface area contributed by atoms with Crippen molar-refractivity contribution in [2.45, 2.75) is 11.8 Å². The van der Waals surface area contributed by atoms with E-state index in [1.54, 1.807) is 24.4 Å². The summed E-state index contributed by atoms with van der Waals surface area (Å²) < 4.78 is 1.40. The lowest BCUT2D eigenvalue weighted by molar-refractivity contribution is -0.391. The topological polar surface area (TPSA) is 124 Å². The molecule has 2 aromatic heterocycles. The van der Waals surface area contributed by atoms with Crippen LogP contribution in [0.15, 0.2) is 24.4 Å². The number of thioether (sulfide) groups is 1. The Balaban J connectivity index is 2.19. The summed E-state index contributed by atoms with van der Waals surface area (Å²) in [6.45, 7) is 0. The minimum absolute atomic E-state index is 0.100. The lowest BCUT2D eigenvalue weighted by Gasteiger charge is -2.04. The van der Waals surface area contributed by atoms with E-state index in [0.717, 1.165) is 0 Å². The number of carboxylic acid groups (broad SMARTS) is 1. The first-order valence-corrected chi connectivity index (χ1v) is 6.82. The van der Waals surface area contributed by atoms with Crippen LogP contribution in [0.25, 0.3) is 5.65 Å². The number of hydrogen-bond acceptors (Lipinski definition) is 6. The molecule has 106 valence electrons. The van der Waals surface area contributed by atoms with Crippen LogP contribution in [0, 0.1) is 10.1 Å². The van der Waals surface area contributed by atoms with E-state index in [1.807, 2.05) is 0 Å². The Morgan fingerprint density at radius 1 is 1.60 bits per heavy atom. The smallest absolute Gasteiger partial charge is 0.351 e. The third-order valence-electron chi connectivity index (χ3n) is 2.60. The summed E-state index contributed by atoms with van der Waals surface area (Å²) in [7, 11) is 0. The van der Waals surface area contributed by atoms with Gasteiger partial charge in [-0.2, -0.15) is 16.2 Å². The number of nitrogens with zero attached hydrogens (tertiary/aromatic N) is 3. The van der Waals surface area contributed by atoms with E-state index in [4.69, 9.17) is 10.8 Å². The van der Waals surface area contributed by atoms with Crippen molar-refractivity contribution in [2.24, 2.45) is 5.73 Å². The molecule has 2 heterocycles. The van der Waals surface area contributed by atoms with Crippen molar-refractivity contribution >= 4 is 29.2 Å². The van der Waals surface area contributed by atoms with E-state index >= 15 is 0 Å². The normalized spacial score (nSPS) is 12.4. The largest absolute Gasteiger partial charge is 0.480 e. The molecule has 2 rings (SSSR count). The average molecular weight is 296 g/mol. The predicted octanol–water partition coefficient (Wildman–Crippen LogP) is 0.888. The summed E-state index contributed by atoms with van der Waals surface area (Å²) >= 11 is 1.20. The lowest BCUT2D eigenvalue weighted by atomic mass is 10.4. The third kappa shape index (κ3) is 2.89. The highest BCUT2D eigenvalue weighted by Gasteiger charge is 2.22. The van der Waals surface area contributed by atoms with Crippen molar-refractivity contribution in [2.75, 3.05) is 5.75 Å². The fourth-order valence-corrected chi connectivity index (χ4v) is 2.58. The highest BCUT2D eigenvalue weighted by molar-refractivity contribution is 7.98. The van der Waals surface area contributed by atoms with Crippen LogP contribution in [0.5, 0.6) is 0 Å². The first-order valence-electron chi connectivity index (χ1n) is 5.67. The first-order chi connectivity index (χ1) is 9.50. The van der Waals surface area contributed by atoms with Gasteiger partial charge >= 0.3 is 11.8 Å². The van der Waals surface area contributed by atoms with Crippen LogP contribution in [0.2, 0.25) is 0 Å². The second-order valence-corrected chi connectivity index (χ2v) is 5.06. The summed E-state index contributed by atoms with van der Waals surface area (Å²) in [6.07, 6.45) is 1.57. The summed E-state index contributed by atoms with van der Waals surface area (Å²) in [5.41, 5.74) is 6.17. The number of carboxylic acids is 1. The molecule has 1 unspecified atom stereocenters. The molecule has 9 heteroatoms. The number of aliphatic carboxylic acids is 1. The number of aromatic nitrogens is 2. The number of carbonyl (C=O) groups is 1. The van der Waals surface area contributed by atoms with Gasteiger partial charge in [0, 0.05) is 17.6 Å². The number of imidazole rings is 1. The SMILES string of the molecule is NC(CSCc1nc2ccccn2c1[N+](=O)[O-])C(=O)O. The Hall–Kier alpha value is -2.13. The molecule has 3 N–H and O–H groups in total. The van der Waals surface area contributed by atoms with Gasteiger partial charge in [0.25, 0.3) is 0 Å². The Bertz CT molecular complexity index is 657. The van der Waals surface area contributed by atoms with Crippen molar-refractivity contribution < 1.29 is 14.8 Å². The van der Waals surface area contributed by atoms with Gasteiger partial charge in [0.1, 0.15) is 11.7 Å². The molecule has 0 aliphatic heterocycles. The predicted molar refractivity (Wildman–Crippen MR) is 73.6 cm³/mol. The van der Waals surface area contributed by atoms with E-state index in [1.165, 1.54) is 16.2 Å². The first kappa shape index (κ1) is 14.3. The molecule has 0 bridgehead atoms. The van der Waals surface area contributed by atoms with E-state index in [0.29, 0.717) is 11.3 Å². The molecule has 0 aliphatic carbocycles. The van der Waals surface area contributed by atoms with Crippen LogP contribution in [0.1, 0.15) is 5.69 Å². The molecule has 0 saturated heterocycles. The van der Waals surface area contributed by atoms with Gasteiger partial charge in [-0.05, 0) is 11.0 Å². The number of nitrogens with two attached hydrogens (primary N) is 1. The molecule has 0 amide bonds. The Labute approximate surface area is 117 Å². The summed E-state index contributed by atoms with van der Waals surface area (Å²) in [5.74, 6) is -0.793. The number of nitro groups is 1. The van der Waals surface area contributed by atoms with Crippen molar-refractivity contribution in [3.05, 3.63) is 40.2 Å². The van der Waals surface area contributed by atoms with Gasteiger partial charge in [0.05, 0.1) is 6.20 Å². The van der Waals surface area contributed by atoms with Crippen molar-refractivity contribution in [1.29, 1.82) is 0 Å². The molecular weight excluding hydrogens is 284 g/mol. The van der Waals surface area contributed by atoms with Gasteiger partial charge in [0.15, 0.2) is 0 Å². The molecule has 8 nitrogen and oxygen atoms in total. The maximum atomic E-state index is 11.1. The monoisotopic (exact) mass is 296 g/mol. The summed E-state index contributed by atoms with van der Waals surface area (Å²) in [4.78, 5) is 25.4. The van der Waals surface area contributed by atoms with Crippen LogP contribution in [0.3, 0.4) is 0 Å². The standard InChI is InChI=1S/C11H12N4O4S/c12-7(11(16)17)5-20-6-8-10(15(18)19)14-4-2-1-3-9(14)13-8/h1-4,7H,5-6,12H2,(H,16,17). The van der Waals surface area contributed by atoms with E-state index in [2.05, 4.69) is 4.98 Å². The van der Waals surface area contributed by atoms with Gasteiger partial charge in [-0.3, -0.25) is 4.79 Å². The molecule has 1 atom stereocenters. The Kier molecular flexibility index (Phi) is 4.20. The number of hydrogen-bond donors (Lipinski definition) is 2. The zero-order valence-corrected chi connectivity index (χ0v) is 11.1. The van der Waals surface area contributed by atoms with Crippen molar-refractivity contribution in [3.8, 4) is 0 Å². The molecule has 2 aromatic rings. The second kappa shape index (κ2) is 5.88. The maximum Gasteiger partial charge on any atom is 0.351 e. The molecular formula is C11H12N4O4S. The van der Waals surface area contributed by atoms with Gasteiger partial charge in [-0.25, -0.2) is 4.98 Å². The fourth-order valence-electron chi connectivity index (χ4n) is 1.68. The van der Waals surface area contributed by atoms with E-state index < -0.39 is 16.9 Å². The van der Waals surface area contributed by atoms with Crippen LogP contribution in [0.4, 0.5) is 5.82 Å². The quantitative estimate of drug-likeness (QED) is 0.599. The van der Waals surface area contributed by atoms with Gasteiger partial charge < -0.3 is 21.0 Å². The van der Waals surface area contributed by atoms with E-state index in [9.17, 15) is 14.9 Å². The van der Waals surface area contributed by atoms with Gasteiger partial charge in [0.2, 0.25) is 5.65 Å². The highest BCUT2D eigenvalue weighted by Crippen LogP contribution is 2.24. The number of pyridine rings is 1. The van der Waals surface area contributed by atoms with Crippen molar-refractivity contribution in [1.82, 2.24) is 9.38 Å². The molecule has 0 saturated carbocycles. The molecule has 0 aliphatic rings. The molecule has 0 fully saturated rings. The highest BCUT2D eigenvalue weighted by atomic mass is 32.2. The summed E-state index contributed by atoms with van der Waals surface area (Å²) in [6, 6.07) is 4.10. The lowest BCUT2D eigenvalue weighted by Crippen LogP contribution is -2.32. The minimum atomic E-state index is -1.10. The van der Waals surface area contributed by atoms with Crippen LogP contribution in [-0.4, -0.2) is 37.2 Å². The zero-order chi connectivity index (χ0) is 14.7. The average Bonchev–Trinajstić information content (AvgIpc) is 2.76. The van der Waals surface area contributed by atoms with Crippen LogP contribution < -0.4 is 5.73 Å². The minimum Gasteiger partial charge on any atom is -0.480 e. The van der Waals surface area contributed by atoms with Gasteiger partial charge in [-0.15, -0.1) is 0 Å². The fraction of sp³-hybridized carbons (Fsp3) is 0.273. The van der Waals surface area contributed by atoms with Crippen LogP contribution in [-0.2, 0) is 10.5 Å². The van der Waals surface area contributed by atoms with Crippen molar-refractivity contribution in [3.63, 3.8) is 0 Å².